The molecular formula is C34H38ClN5O5. The number of halogens is 1. The van der Waals surface area contributed by atoms with Gasteiger partial charge < -0.3 is 19.4 Å². The second-order valence-electron chi connectivity index (χ2n) is 12.3. The predicted molar refractivity (Wildman–Crippen MR) is 170 cm³/mol. The first-order valence-corrected chi connectivity index (χ1v) is 16.0. The van der Waals surface area contributed by atoms with Crippen molar-refractivity contribution in [2.75, 3.05) is 20.2 Å². The molecule has 1 saturated carbocycles. The number of carbonyl (C=O) groups is 2. The molecule has 2 fully saturated rings. The minimum Gasteiger partial charge on any atom is -0.497 e. The molecule has 236 valence electrons. The number of rotatable bonds is 9. The maximum Gasteiger partial charge on any atom is 0.287 e. The van der Waals surface area contributed by atoms with Crippen LogP contribution in [0, 0.1) is 11.3 Å². The molecule has 4 aromatic rings. The molecule has 1 saturated heterocycles. The Bertz CT molecular complexity index is 1690. The molecule has 0 spiro atoms. The zero-order valence-electron chi connectivity index (χ0n) is 25.4. The van der Waals surface area contributed by atoms with Crippen molar-refractivity contribution in [2.45, 2.75) is 64.0 Å². The Balaban J connectivity index is 1.22. The number of nitrogens with zero attached hydrogens (tertiary/aromatic N) is 4. The maximum atomic E-state index is 14.1. The summed E-state index contributed by atoms with van der Waals surface area (Å²) < 4.78 is 13.0. The zero-order chi connectivity index (χ0) is 31.4. The van der Waals surface area contributed by atoms with Crippen molar-refractivity contribution in [2.24, 2.45) is 11.3 Å². The van der Waals surface area contributed by atoms with Gasteiger partial charge in [0, 0.05) is 37.1 Å². The molecule has 0 radical (unpaired) electrons. The lowest BCUT2D eigenvalue weighted by atomic mass is 9.63. The quantitative estimate of drug-likeness (QED) is 0.267. The lowest BCUT2D eigenvalue weighted by Crippen LogP contribution is -2.54. The summed E-state index contributed by atoms with van der Waals surface area (Å²) >= 11 is 6.12. The molecule has 2 aromatic carbocycles. The van der Waals surface area contributed by atoms with E-state index in [0.29, 0.717) is 35.2 Å². The summed E-state index contributed by atoms with van der Waals surface area (Å²) in [6.07, 6.45) is 11.5. The Kier molecular flexibility index (Phi) is 9.21. The van der Waals surface area contributed by atoms with Crippen molar-refractivity contribution in [3.63, 3.8) is 0 Å². The van der Waals surface area contributed by atoms with E-state index in [-0.39, 0.29) is 34.5 Å². The normalized spacial score (nSPS) is 17.6. The van der Waals surface area contributed by atoms with Crippen molar-refractivity contribution < 1.29 is 18.7 Å². The van der Waals surface area contributed by atoms with Crippen molar-refractivity contribution in [3.05, 3.63) is 87.8 Å². The van der Waals surface area contributed by atoms with E-state index in [0.717, 1.165) is 31.0 Å². The third-order valence-electron chi connectivity index (χ3n) is 9.60. The number of hydrogen-bond acceptors (Lipinski definition) is 7. The van der Waals surface area contributed by atoms with E-state index in [1.54, 1.807) is 43.0 Å². The Morgan fingerprint density at radius 3 is 2.53 bits per heavy atom. The Hall–Kier alpha value is -4.18. The van der Waals surface area contributed by atoms with Crippen LogP contribution >= 0.6 is 11.6 Å². The topological polar surface area (TPSA) is 120 Å². The van der Waals surface area contributed by atoms with Gasteiger partial charge in [0.25, 0.3) is 5.91 Å². The van der Waals surface area contributed by atoms with E-state index in [1.165, 1.54) is 39.2 Å². The molecule has 1 aliphatic heterocycles. The van der Waals surface area contributed by atoms with Crippen molar-refractivity contribution in [3.8, 4) is 5.75 Å². The second-order valence-corrected chi connectivity index (χ2v) is 12.7. The Morgan fingerprint density at radius 1 is 1.09 bits per heavy atom. The fraction of sp³-hybridized carbons (Fsp3) is 0.441. The number of hydrogen-bond donors (Lipinski definition) is 1. The van der Waals surface area contributed by atoms with Gasteiger partial charge in [-0.15, -0.1) is 0 Å². The minimum absolute atomic E-state index is 0.0387. The number of piperidine rings is 1. The smallest absolute Gasteiger partial charge is 0.287 e. The van der Waals surface area contributed by atoms with Gasteiger partial charge in [-0.3, -0.25) is 19.1 Å². The van der Waals surface area contributed by atoms with E-state index in [4.69, 9.17) is 20.8 Å². The Labute approximate surface area is 266 Å². The molecule has 1 atom stereocenters. The number of likely N-dealkylation sites (tertiary alicyclic amines) is 1. The van der Waals surface area contributed by atoms with Gasteiger partial charge in [0.2, 0.25) is 5.91 Å². The summed E-state index contributed by atoms with van der Waals surface area (Å²) in [6, 6.07) is 12.3. The molecule has 1 aliphatic carbocycles. The van der Waals surface area contributed by atoms with Crippen molar-refractivity contribution >= 4 is 34.4 Å². The first kappa shape index (κ1) is 30.8. The molecule has 1 N–H and O–H groups in total. The first-order valence-electron chi connectivity index (χ1n) is 15.6. The van der Waals surface area contributed by atoms with Gasteiger partial charge >= 0.3 is 0 Å². The molecule has 2 aliphatic rings. The van der Waals surface area contributed by atoms with Crippen LogP contribution in [-0.2, 0) is 17.8 Å². The number of amides is 2. The van der Waals surface area contributed by atoms with Crippen LogP contribution in [0.15, 0.2) is 70.4 Å². The average Bonchev–Trinajstić information content (AvgIpc) is 3.58. The van der Waals surface area contributed by atoms with Crippen LogP contribution in [0.5, 0.6) is 5.75 Å². The molecule has 3 heterocycles. The molecule has 2 amide bonds. The highest BCUT2D eigenvalue weighted by atomic mass is 35.5. The molecule has 6 rings (SSSR count). The van der Waals surface area contributed by atoms with E-state index in [9.17, 15) is 14.4 Å². The third kappa shape index (κ3) is 6.91. The van der Waals surface area contributed by atoms with Gasteiger partial charge in [-0.25, -0.2) is 4.98 Å². The predicted octanol–water partition coefficient (Wildman–Crippen LogP) is 5.28. The fourth-order valence-electron chi connectivity index (χ4n) is 7.10. The van der Waals surface area contributed by atoms with Crippen LogP contribution < -0.4 is 15.5 Å². The molecule has 45 heavy (non-hydrogen) atoms. The van der Waals surface area contributed by atoms with Crippen LogP contribution in [0.25, 0.3) is 11.0 Å². The summed E-state index contributed by atoms with van der Waals surface area (Å²) in [5.41, 5.74) is 0.779. The van der Waals surface area contributed by atoms with Crippen LogP contribution in [0.1, 0.15) is 61.1 Å². The molecule has 11 heteroatoms. The lowest BCUT2D eigenvalue weighted by Gasteiger charge is -2.48. The molecule has 0 unspecified atom stereocenters. The number of carbonyl (C=O) groups excluding carboxylic acids is 2. The lowest BCUT2D eigenvalue weighted by molar-refractivity contribution is -0.136. The summed E-state index contributed by atoms with van der Waals surface area (Å²) in [6.45, 7) is 1.96. The number of benzene rings is 2. The van der Waals surface area contributed by atoms with Gasteiger partial charge in [0.05, 0.1) is 12.5 Å². The van der Waals surface area contributed by atoms with E-state index in [2.05, 4.69) is 15.4 Å². The van der Waals surface area contributed by atoms with Gasteiger partial charge in [-0.1, -0.05) is 43.0 Å². The van der Waals surface area contributed by atoms with Crippen LogP contribution in [-0.4, -0.2) is 57.7 Å². The monoisotopic (exact) mass is 631 g/mol. The summed E-state index contributed by atoms with van der Waals surface area (Å²) in [5.74, 6) is 0.138. The minimum atomic E-state index is -0.868. The maximum absolute atomic E-state index is 14.1. The Morgan fingerprint density at radius 2 is 1.84 bits per heavy atom. The third-order valence-corrected chi connectivity index (χ3v) is 9.85. The molecule has 10 nitrogen and oxygen atoms in total. The summed E-state index contributed by atoms with van der Waals surface area (Å²) in [5, 5.41) is 8.19. The second kappa shape index (κ2) is 13.4. The van der Waals surface area contributed by atoms with Gasteiger partial charge in [0.15, 0.2) is 11.2 Å². The first-order chi connectivity index (χ1) is 21.8. The SMILES string of the molecule is COc1ccc2oc(C(=O)N[C@H](Cc3ccc(Cl)cc3)C(=O)N3CCC(Cn4cncn4)(C4CCCCC4)CC3)cc(=O)c2c1. The number of methoxy groups -OCH3 is 1. The highest BCUT2D eigenvalue weighted by Gasteiger charge is 2.44. The van der Waals surface area contributed by atoms with Crippen LogP contribution in [0.2, 0.25) is 5.02 Å². The van der Waals surface area contributed by atoms with Crippen LogP contribution in [0.4, 0.5) is 0 Å². The van der Waals surface area contributed by atoms with Crippen molar-refractivity contribution in [1.29, 1.82) is 0 Å². The summed E-state index contributed by atoms with van der Waals surface area (Å²) in [4.78, 5) is 46.6. The van der Waals surface area contributed by atoms with E-state index in [1.807, 2.05) is 21.7 Å². The molecule has 0 bridgehead atoms. The zero-order valence-corrected chi connectivity index (χ0v) is 26.2. The molecular weight excluding hydrogens is 594 g/mol. The number of aromatic nitrogens is 3. The molecule has 2 aromatic heterocycles. The number of fused-ring (bicyclic) bond motifs is 1. The summed E-state index contributed by atoms with van der Waals surface area (Å²) in [7, 11) is 1.51. The van der Waals surface area contributed by atoms with Crippen LogP contribution in [0.3, 0.4) is 0 Å². The highest BCUT2D eigenvalue weighted by molar-refractivity contribution is 6.30. The van der Waals surface area contributed by atoms with Gasteiger partial charge in [-0.2, -0.15) is 5.10 Å². The van der Waals surface area contributed by atoms with E-state index < -0.39 is 11.9 Å². The fourth-order valence-corrected chi connectivity index (χ4v) is 7.23. The highest BCUT2D eigenvalue weighted by Crippen LogP contribution is 2.47. The standard InChI is InChI=1S/C34H38ClN5O5/c1-44-26-11-12-30-27(18-26)29(41)19-31(45-30)32(42)38-28(17-23-7-9-25(35)10-8-23)33(43)39-15-13-34(14-16-39,20-40-22-36-21-37-40)24-5-3-2-4-6-24/h7-12,18-19,21-22,24,28H,2-6,13-17,20H2,1H3,(H,38,42)/t28-/m1/s1. The van der Waals surface area contributed by atoms with Gasteiger partial charge in [-0.05, 0) is 72.9 Å². The van der Waals surface area contributed by atoms with Gasteiger partial charge in [0.1, 0.15) is 30.0 Å². The number of nitrogens with one attached hydrogen (secondary N) is 1. The average molecular weight is 632 g/mol. The van der Waals surface area contributed by atoms with E-state index >= 15 is 0 Å². The number of ether oxygens (including phenoxy) is 1. The van der Waals surface area contributed by atoms with Crippen molar-refractivity contribution in [1.82, 2.24) is 25.0 Å². The largest absolute Gasteiger partial charge is 0.497 e.